The standard InChI is InChI=1S/C14H16BrN3O.C10H8BrClN2O.C4H9N.CH2F.CH2O3.2K/c1-17-13(9-18-6-2-3-7-18)16-12-8-10(15)4-5-11(12)14(17)19;1-14-9(5-12)13-8-4-6(11)2-3-7(8)10(14)15;1-2-4-5-3-1;1-2;2-1-4-3;;/h4-5,8H,2-3,6-7,9H2,1H3;2-4H,5H2,1H3;5H,1-4H2;1H2;1,3H;;/q;;;-1;;2*+1/i/hD. The fourth-order valence-corrected chi connectivity index (χ4v) is 5.54. The van der Waals surface area contributed by atoms with Crippen LogP contribution in [0.4, 0.5) is 4.39 Å². The van der Waals surface area contributed by atoms with E-state index in [2.05, 4.69) is 62.2 Å². The van der Waals surface area contributed by atoms with E-state index in [0.29, 0.717) is 22.1 Å². The number of rotatable bonds is 5. The minimum atomic E-state index is -0.0665. The Labute approximate surface area is 381 Å². The van der Waals surface area contributed by atoms with Gasteiger partial charge in [-0.05, 0) is 88.3 Å². The van der Waals surface area contributed by atoms with Crippen molar-refractivity contribution in [1.29, 1.82) is 1.43 Å². The van der Waals surface area contributed by atoms with Gasteiger partial charge in [0.2, 0.25) is 0 Å². The predicted molar refractivity (Wildman–Crippen MR) is 182 cm³/mol. The molecule has 47 heavy (non-hydrogen) atoms. The molecule has 0 radical (unpaired) electrons. The van der Waals surface area contributed by atoms with Crippen molar-refractivity contribution in [3.63, 3.8) is 0 Å². The molecule has 0 bridgehead atoms. The van der Waals surface area contributed by atoms with Gasteiger partial charge in [0, 0.05) is 23.0 Å². The molecule has 4 heterocycles. The summed E-state index contributed by atoms with van der Waals surface area (Å²) in [7, 11) is 5.23. The maximum absolute atomic E-state index is 12.3. The van der Waals surface area contributed by atoms with Crippen molar-refractivity contribution < 1.29 is 122 Å². The van der Waals surface area contributed by atoms with Crippen LogP contribution in [0.3, 0.4) is 0 Å². The summed E-state index contributed by atoms with van der Waals surface area (Å²) in [4.78, 5) is 47.8. The number of hydrogen-bond acceptors (Lipinski definition) is 9. The van der Waals surface area contributed by atoms with Crippen LogP contribution in [0.15, 0.2) is 54.9 Å². The normalized spacial score (nSPS) is 13.5. The summed E-state index contributed by atoms with van der Waals surface area (Å²) in [6.45, 7) is 5.49. The number of alkyl halides is 1. The van der Waals surface area contributed by atoms with Crippen molar-refractivity contribution in [3.8, 4) is 0 Å². The minimum Gasteiger partial charge on any atom is -0.463 e. The Kier molecular flexibility index (Phi) is 25.5. The number of aromatic nitrogens is 4. The van der Waals surface area contributed by atoms with E-state index in [1.807, 2.05) is 37.4 Å². The number of benzene rings is 2. The number of halogens is 4. The molecule has 0 saturated carbocycles. The molecule has 0 unspecified atom stereocenters. The van der Waals surface area contributed by atoms with E-state index in [4.69, 9.17) is 17.8 Å². The molecular formula is C30H37Br2ClFK2N6O5+. The molecule has 6 rings (SSSR count). The summed E-state index contributed by atoms with van der Waals surface area (Å²) in [6, 6.07) is 11.0. The molecule has 0 amide bonds. The van der Waals surface area contributed by atoms with Gasteiger partial charge in [-0.25, -0.2) is 15.2 Å². The molecule has 17 heteroatoms. The molecule has 2 fully saturated rings. The Hall–Kier alpha value is 0.523. The zero-order valence-corrected chi connectivity index (χ0v) is 37.3. The van der Waals surface area contributed by atoms with Crippen LogP contribution in [0.25, 0.3) is 23.2 Å². The van der Waals surface area contributed by atoms with E-state index in [9.17, 15) is 14.0 Å². The van der Waals surface area contributed by atoms with Crippen LogP contribution in [0.1, 0.15) is 37.3 Å². The number of nitrogens with one attached hydrogen (secondary N) is 1. The average molecular weight is 855 g/mol. The Balaban J connectivity index is 0.000000677. The van der Waals surface area contributed by atoms with Crippen LogP contribution < -0.4 is 119 Å². The second kappa shape index (κ2) is 26.3. The number of likely N-dealkylation sites (tertiary alicyclic amines) is 1. The van der Waals surface area contributed by atoms with E-state index < -0.39 is 0 Å². The van der Waals surface area contributed by atoms with Gasteiger partial charge < -0.3 is 14.6 Å². The molecule has 246 valence electrons. The zero-order chi connectivity index (χ0) is 34.1. The maximum Gasteiger partial charge on any atom is 1.00 e. The topological polar surface area (TPSA) is 132 Å². The van der Waals surface area contributed by atoms with Crippen LogP contribution in [-0.4, -0.2) is 61.9 Å². The third-order valence-electron chi connectivity index (χ3n) is 6.94. The Bertz CT molecular complexity index is 1670. The van der Waals surface area contributed by atoms with Gasteiger partial charge in [-0.2, -0.15) is 7.18 Å². The number of fused-ring (bicyclic) bond motifs is 2. The quantitative estimate of drug-likeness (QED) is 0.0681. The third kappa shape index (κ3) is 15.3. The van der Waals surface area contributed by atoms with Crippen molar-refractivity contribution in [1.82, 2.24) is 29.3 Å². The molecule has 2 N–H and O–H groups in total. The van der Waals surface area contributed by atoms with Gasteiger partial charge in [0.25, 0.3) is 12.5 Å². The minimum absolute atomic E-state index is 0. The number of nitrogens with zero attached hydrogens (tertiary/aromatic N) is 5. The van der Waals surface area contributed by atoms with Crippen molar-refractivity contribution >= 4 is 71.7 Å². The number of carbonyl (C=O) groups excluding carboxylic acids is 1. The van der Waals surface area contributed by atoms with Gasteiger partial charge in [0.15, 0.2) is 0 Å². The fraction of sp³-hybridized carbons (Fsp3) is 0.400. The van der Waals surface area contributed by atoms with Gasteiger partial charge in [0.1, 0.15) is 11.6 Å². The largest absolute Gasteiger partial charge is 1.00 e. The van der Waals surface area contributed by atoms with E-state index >= 15 is 0 Å². The smallest absolute Gasteiger partial charge is 0.463 e. The molecule has 0 spiro atoms. The van der Waals surface area contributed by atoms with Crippen molar-refractivity contribution in [2.45, 2.75) is 38.1 Å². The SMILES string of the molecule is C1CCNC1.Cn1c(CCl)nc2cc(Br)ccc2c1=O.Cn1c(CN2CCCC2)nc2cc(Br)ccc2c1=O.[2H]OOC=O.[CH2-]F.[K+].[K+]. The Morgan fingerprint density at radius 1 is 0.936 bits per heavy atom. The molecule has 0 aliphatic carbocycles. The Morgan fingerprint density at radius 2 is 1.40 bits per heavy atom. The molecular weight excluding hydrogens is 817 g/mol. The van der Waals surface area contributed by atoms with Crippen LogP contribution >= 0.6 is 43.5 Å². The number of hydrogen-bond donors (Lipinski definition) is 2. The molecule has 2 aliphatic rings. The first-order valence-electron chi connectivity index (χ1n) is 14.4. The van der Waals surface area contributed by atoms with E-state index in [-0.39, 0.29) is 126 Å². The first kappa shape index (κ1) is 45.5. The second-order valence-corrected chi connectivity index (χ2v) is 12.0. The van der Waals surface area contributed by atoms with Gasteiger partial charge in [-0.1, -0.05) is 31.9 Å². The van der Waals surface area contributed by atoms with Crippen LogP contribution in [0.5, 0.6) is 0 Å². The first-order valence-corrected chi connectivity index (χ1v) is 16.1. The summed E-state index contributed by atoms with van der Waals surface area (Å²) in [5.74, 6) is 1.65. The van der Waals surface area contributed by atoms with E-state index in [1.165, 1.54) is 43.3 Å². The summed E-state index contributed by atoms with van der Waals surface area (Å²) in [6.07, 6.45) is 5.26. The molecule has 0 atom stereocenters. The van der Waals surface area contributed by atoms with Crippen LogP contribution in [-0.2, 0) is 36.2 Å². The van der Waals surface area contributed by atoms with Crippen LogP contribution in [0.2, 0.25) is 0 Å². The molecule has 2 aliphatic heterocycles. The van der Waals surface area contributed by atoms with Crippen molar-refractivity contribution in [2.24, 2.45) is 14.1 Å². The van der Waals surface area contributed by atoms with E-state index in [0.717, 1.165) is 39.9 Å². The summed E-state index contributed by atoms with van der Waals surface area (Å²) in [5, 5.41) is 7.58. The molecule has 2 aromatic heterocycles. The van der Waals surface area contributed by atoms with Crippen LogP contribution in [0, 0.1) is 7.18 Å². The summed E-state index contributed by atoms with van der Waals surface area (Å²) >= 11 is 12.5. The fourth-order valence-electron chi connectivity index (χ4n) is 4.61. The van der Waals surface area contributed by atoms with E-state index in [1.54, 1.807) is 24.9 Å². The predicted octanol–water partition coefficient (Wildman–Crippen LogP) is -0.516. The average Bonchev–Trinajstić information content (AvgIpc) is 3.81. The summed E-state index contributed by atoms with van der Waals surface area (Å²) in [5.41, 5.74) is 1.41. The molecule has 4 aromatic rings. The third-order valence-corrected chi connectivity index (χ3v) is 8.17. The van der Waals surface area contributed by atoms with Gasteiger partial charge in [-0.3, -0.25) is 28.4 Å². The first-order chi connectivity index (χ1) is 22.2. The maximum atomic E-state index is 12.3. The summed E-state index contributed by atoms with van der Waals surface area (Å²) < 4.78 is 19.9. The Morgan fingerprint density at radius 3 is 1.79 bits per heavy atom. The van der Waals surface area contributed by atoms with Gasteiger partial charge >= 0.3 is 109 Å². The molecule has 11 nitrogen and oxygen atoms in total. The van der Waals surface area contributed by atoms with Crippen molar-refractivity contribution in [3.05, 3.63) is 84.9 Å². The monoisotopic (exact) mass is 852 g/mol. The molecule has 2 saturated heterocycles. The second-order valence-electron chi connectivity index (χ2n) is 9.87. The van der Waals surface area contributed by atoms with Gasteiger partial charge in [0.05, 0.1) is 34.2 Å². The zero-order valence-electron chi connectivity index (χ0n) is 28.1. The molecule has 2 aromatic carbocycles. The number of carbonyl (C=O) groups is 1. The van der Waals surface area contributed by atoms with Gasteiger partial charge in [-0.15, -0.1) is 11.6 Å². The van der Waals surface area contributed by atoms with Crippen molar-refractivity contribution in [2.75, 3.05) is 26.2 Å².